The Morgan fingerprint density at radius 2 is 2.41 bits per heavy atom. The number of ether oxygens (including phenoxy) is 1. The van der Waals surface area contributed by atoms with Gasteiger partial charge in [-0.05, 0) is 13.3 Å². The Hall–Kier alpha value is -0.650. The minimum atomic E-state index is -0.0454. The summed E-state index contributed by atoms with van der Waals surface area (Å²) < 4.78 is 5.27. The summed E-state index contributed by atoms with van der Waals surface area (Å²) in [6.45, 7) is 6.36. The first-order valence-electron chi connectivity index (χ1n) is 6.39. The quantitative estimate of drug-likeness (QED) is 0.689. The average molecular weight is 244 g/mol. The van der Waals surface area contributed by atoms with Gasteiger partial charge in [-0.3, -0.25) is 9.69 Å². The first kappa shape index (κ1) is 14.4. The predicted molar refractivity (Wildman–Crippen MR) is 65.8 cm³/mol. The number of aliphatic hydroxyl groups is 1. The first-order valence-corrected chi connectivity index (χ1v) is 6.39. The number of amides is 1. The normalized spacial score (nSPS) is 23.4. The third kappa shape index (κ3) is 5.02. The molecule has 5 heteroatoms. The molecule has 0 aromatic carbocycles. The third-order valence-electron chi connectivity index (χ3n) is 3.04. The Morgan fingerprint density at radius 1 is 1.65 bits per heavy atom. The molecule has 0 aromatic heterocycles. The van der Waals surface area contributed by atoms with Crippen LogP contribution in [0.3, 0.4) is 0 Å². The molecule has 2 N–H and O–H groups in total. The number of nitrogens with zero attached hydrogens (tertiary/aromatic N) is 1. The summed E-state index contributed by atoms with van der Waals surface area (Å²) in [5.74, 6) is 0.0336. The van der Waals surface area contributed by atoms with Gasteiger partial charge in [0.2, 0.25) is 5.91 Å². The molecule has 1 heterocycles. The molecule has 1 saturated heterocycles. The number of hydrogen-bond acceptors (Lipinski definition) is 4. The second kappa shape index (κ2) is 7.63. The minimum Gasteiger partial charge on any atom is -0.395 e. The lowest BCUT2D eigenvalue weighted by molar-refractivity contribution is -0.125. The zero-order chi connectivity index (χ0) is 12.7. The minimum absolute atomic E-state index is 0.0336. The molecule has 1 rings (SSSR count). The number of nitrogens with one attached hydrogen (secondary N) is 1. The summed E-state index contributed by atoms with van der Waals surface area (Å²) in [7, 11) is 0. The van der Waals surface area contributed by atoms with Gasteiger partial charge in [-0.1, -0.05) is 13.3 Å². The van der Waals surface area contributed by atoms with E-state index in [4.69, 9.17) is 4.74 Å². The maximum atomic E-state index is 11.8. The van der Waals surface area contributed by atoms with E-state index in [1.807, 2.05) is 11.8 Å². The fraction of sp³-hybridized carbons (Fsp3) is 0.917. The molecule has 1 amide bonds. The monoisotopic (exact) mass is 244 g/mol. The molecule has 17 heavy (non-hydrogen) atoms. The summed E-state index contributed by atoms with van der Waals surface area (Å²) in [6.07, 6.45) is 2.07. The molecule has 0 aliphatic carbocycles. The van der Waals surface area contributed by atoms with Crippen molar-refractivity contribution in [3.63, 3.8) is 0 Å². The van der Waals surface area contributed by atoms with E-state index in [1.165, 1.54) is 0 Å². The van der Waals surface area contributed by atoms with Crippen molar-refractivity contribution in [3.8, 4) is 0 Å². The fourth-order valence-electron chi connectivity index (χ4n) is 2.08. The SMILES string of the molecule is CCCC(C)NC(=O)CN1CCOCC1CO. The molecule has 1 aliphatic rings. The molecule has 0 radical (unpaired) electrons. The van der Waals surface area contributed by atoms with Gasteiger partial charge in [0.05, 0.1) is 32.4 Å². The van der Waals surface area contributed by atoms with Gasteiger partial charge in [0.25, 0.3) is 0 Å². The van der Waals surface area contributed by atoms with E-state index in [0.717, 1.165) is 12.8 Å². The van der Waals surface area contributed by atoms with Crippen LogP contribution in [0, 0.1) is 0 Å². The zero-order valence-corrected chi connectivity index (χ0v) is 10.8. The summed E-state index contributed by atoms with van der Waals surface area (Å²) in [5.41, 5.74) is 0. The van der Waals surface area contributed by atoms with Crippen molar-refractivity contribution in [2.75, 3.05) is 32.9 Å². The summed E-state index contributed by atoms with van der Waals surface area (Å²) in [6, 6.07) is 0.178. The van der Waals surface area contributed by atoms with E-state index < -0.39 is 0 Å². The van der Waals surface area contributed by atoms with Crippen LogP contribution in [0.4, 0.5) is 0 Å². The van der Waals surface area contributed by atoms with E-state index in [2.05, 4.69) is 12.2 Å². The van der Waals surface area contributed by atoms with E-state index in [-0.39, 0.29) is 24.6 Å². The second-order valence-electron chi connectivity index (χ2n) is 4.64. The maximum Gasteiger partial charge on any atom is 0.234 e. The lowest BCUT2D eigenvalue weighted by Crippen LogP contribution is -2.52. The molecule has 5 nitrogen and oxygen atoms in total. The molecule has 2 unspecified atom stereocenters. The van der Waals surface area contributed by atoms with Gasteiger partial charge in [-0.15, -0.1) is 0 Å². The van der Waals surface area contributed by atoms with Crippen LogP contribution in [0.25, 0.3) is 0 Å². The topological polar surface area (TPSA) is 61.8 Å². The number of hydrogen-bond donors (Lipinski definition) is 2. The van der Waals surface area contributed by atoms with Gasteiger partial charge in [0.1, 0.15) is 0 Å². The fourth-order valence-corrected chi connectivity index (χ4v) is 2.08. The van der Waals surface area contributed by atoms with Crippen LogP contribution < -0.4 is 5.32 Å². The van der Waals surface area contributed by atoms with Gasteiger partial charge in [-0.2, -0.15) is 0 Å². The van der Waals surface area contributed by atoms with Crippen molar-refractivity contribution in [2.45, 2.75) is 38.8 Å². The maximum absolute atomic E-state index is 11.8. The largest absolute Gasteiger partial charge is 0.395 e. The highest BCUT2D eigenvalue weighted by Crippen LogP contribution is 2.05. The lowest BCUT2D eigenvalue weighted by atomic mass is 10.2. The van der Waals surface area contributed by atoms with Gasteiger partial charge in [0.15, 0.2) is 0 Å². The molecule has 1 aliphatic heterocycles. The molecule has 100 valence electrons. The van der Waals surface area contributed by atoms with Crippen LogP contribution >= 0.6 is 0 Å². The second-order valence-corrected chi connectivity index (χ2v) is 4.64. The Balaban J connectivity index is 2.33. The van der Waals surface area contributed by atoms with Crippen molar-refractivity contribution in [1.29, 1.82) is 0 Å². The number of aliphatic hydroxyl groups excluding tert-OH is 1. The standard InChI is InChI=1S/C12H24N2O3/c1-3-4-10(2)13-12(16)7-14-5-6-17-9-11(14)8-15/h10-11,15H,3-9H2,1-2H3,(H,13,16). The van der Waals surface area contributed by atoms with Crippen LogP contribution in [-0.2, 0) is 9.53 Å². The highest BCUT2D eigenvalue weighted by molar-refractivity contribution is 5.78. The summed E-state index contributed by atoms with van der Waals surface area (Å²) in [4.78, 5) is 13.8. The molecule has 2 atom stereocenters. The van der Waals surface area contributed by atoms with Crippen molar-refractivity contribution in [2.24, 2.45) is 0 Å². The summed E-state index contributed by atoms with van der Waals surface area (Å²) >= 11 is 0. The van der Waals surface area contributed by atoms with Gasteiger partial charge < -0.3 is 15.2 Å². The molecule has 0 bridgehead atoms. The summed E-state index contributed by atoms with van der Waals surface area (Å²) in [5, 5.41) is 12.2. The van der Waals surface area contributed by atoms with Gasteiger partial charge in [0, 0.05) is 12.6 Å². The van der Waals surface area contributed by atoms with E-state index in [1.54, 1.807) is 0 Å². The Morgan fingerprint density at radius 3 is 3.06 bits per heavy atom. The Labute approximate surface area is 103 Å². The van der Waals surface area contributed by atoms with Crippen molar-refractivity contribution in [1.82, 2.24) is 10.2 Å². The third-order valence-corrected chi connectivity index (χ3v) is 3.04. The number of carbonyl (C=O) groups excluding carboxylic acids is 1. The van der Waals surface area contributed by atoms with Crippen molar-refractivity contribution >= 4 is 5.91 Å². The lowest BCUT2D eigenvalue weighted by Gasteiger charge is -2.34. The Kier molecular flexibility index (Phi) is 6.47. The molecule has 0 aromatic rings. The van der Waals surface area contributed by atoms with Gasteiger partial charge in [-0.25, -0.2) is 0 Å². The average Bonchev–Trinajstić information content (AvgIpc) is 2.29. The van der Waals surface area contributed by atoms with Crippen molar-refractivity contribution < 1.29 is 14.6 Å². The van der Waals surface area contributed by atoms with E-state index >= 15 is 0 Å². The molecule has 0 spiro atoms. The zero-order valence-electron chi connectivity index (χ0n) is 10.8. The van der Waals surface area contributed by atoms with E-state index in [0.29, 0.717) is 26.3 Å². The Bertz CT molecular complexity index is 236. The van der Waals surface area contributed by atoms with Crippen LogP contribution in [-0.4, -0.2) is 60.9 Å². The molecule has 0 saturated carbocycles. The predicted octanol–water partition coefficient (Wildman–Crippen LogP) is -0.0157. The highest BCUT2D eigenvalue weighted by atomic mass is 16.5. The smallest absolute Gasteiger partial charge is 0.234 e. The van der Waals surface area contributed by atoms with Crippen LogP contribution in [0.15, 0.2) is 0 Å². The molecule has 1 fully saturated rings. The van der Waals surface area contributed by atoms with E-state index in [9.17, 15) is 9.90 Å². The molecular formula is C12H24N2O3. The van der Waals surface area contributed by atoms with Gasteiger partial charge >= 0.3 is 0 Å². The van der Waals surface area contributed by atoms with Crippen LogP contribution in [0.5, 0.6) is 0 Å². The number of rotatable bonds is 6. The van der Waals surface area contributed by atoms with Crippen LogP contribution in [0.1, 0.15) is 26.7 Å². The van der Waals surface area contributed by atoms with Crippen LogP contribution in [0.2, 0.25) is 0 Å². The van der Waals surface area contributed by atoms with Crippen molar-refractivity contribution in [3.05, 3.63) is 0 Å². The number of morpholine rings is 1. The molecular weight excluding hydrogens is 220 g/mol. The highest BCUT2D eigenvalue weighted by Gasteiger charge is 2.24. The first-order chi connectivity index (χ1) is 8.17. The number of carbonyl (C=O) groups is 1.